The lowest BCUT2D eigenvalue weighted by Crippen LogP contribution is -2.17. The summed E-state index contributed by atoms with van der Waals surface area (Å²) < 4.78 is 49.8. The molecule has 0 atom stereocenters. The number of carbonyl (C=O) groups excluding carboxylic acids is 1. The first-order chi connectivity index (χ1) is 16.2. The van der Waals surface area contributed by atoms with Crippen LogP contribution in [0.3, 0.4) is 0 Å². The quantitative estimate of drug-likeness (QED) is 0.280. The van der Waals surface area contributed by atoms with E-state index >= 15 is 0 Å². The highest BCUT2D eigenvalue weighted by Gasteiger charge is 2.33. The second-order valence-electron chi connectivity index (χ2n) is 6.61. The van der Waals surface area contributed by atoms with Crippen LogP contribution in [0.25, 0.3) is 0 Å². The number of amides is 1. The summed E-state index contributed by atoms with van der Waals surface area (Å²) in [6.45, 7) is 1.91. The van der Waals surface area contributed by atoms with Gasteiger partial charge in [-0.15, -0.1) is 0 Å². The molecule has 0 saturated carbocycles. The molecule has 0 aliphatic carbocycles. The summed E-state index contributed by atoms with van der Waals surface area (Å²) in [7, 11) is 0. The Morgan fingerprint density at radius 3 is 2.47 bits per heavy atom. The van der Waals surface area contributed by atoms with Crippen molar-refractivity contribution in [3.8, 4) is 17.2 Å². The smallest absolute Gasteiger partial charge is 0.416 e. The van der Waals surface area contributed by atoms with Crippen LogP contribution in [0, 0.1) is 10.1 Å². The molecule has 0 saturated heterocycles. The number of nitro groups is 1. The van der Waals surface area contributed by atoms with Crippen LogP contribution in [0.5, 0.6) is 17.2 Å². The number of hydrogen-bond acceptors (Lipinski definition) is 7. The van der Waals surface area contributed by atoms with Gasteiger partial charge in [0.1, 0.15) is 0 Å². The lowest BCUT2D eigenvalue weighted by Gasteiger charge is -2.13. The average Bonchev–Trinajstić information content (AvgIpc) is 2.80. The molecule has 0 aliphatic rings. The maximum absolute atomic E-state index is 12.9. The number of hydrogen-bond donors (Lipinski definition) is 1. The van der Waals surface area contributed by atoms with E-state index in [4.69, 9.17) is 9.47 Å². The Hall–Kier alpha value is -4.48. The van der Waals surface area contributed by atoms with E-state index in [1.807, 2.05) is 0 Å². The second-order valence-corrected chi connectivity index (χ2v) is 6.61. The first kappa shape index (κ1) is 24.2. The van der Waals surface area contributed by atoms with Crippen molar-refractivity contribution in [1.29, 1.82) is 0 Å². The highest BCUT2D eigenvalue weighted by atomic mass is 19.4. The number of benzene rings is 2. The van der Waals surface area contributed by atoms with Crippen LogP contribution < -0.4 is 14.9 Å². The largest absolute Gasteiger partial charge is 0.490 e. The van der Waals surface area contributed by atoms with Crippen LogP contribution in [-0.4, -0.2) is 28.6 Å². The number of nitrogens with one attached hydrogen (secondary N) is 1. The molecule has 3 aromatic rings. The standard InChI is InChI=1S/C22H17F3N4O5/c1-2-33-20-11-14(13-27-28-21(30)15-7-9-26-10-8-15)3-5-19(20)34-18-6-4-16(22(23,24)25)12-17(18)29(31)32/h3-13H,2H2,1H3,(H,28,30)/b27-13+. The topological polar surface area (TPSA) is 116 Å². The van der Waals surface area contributed by atoms with Crippen molar-refractivity contribution in [3.63, 3.8) is 0 Å². The summed E-state index contributed by atoms with van der Waals surface area (Å²) in [6.07, 6.45) is -0.473. The van der Waals surface area contributed by atoms with Crippen molar-refractivity contribution in [2.75, 3.05) is 6.61 Å². The summed E-state index contributed by atoms with van der Waals surface area (Å²) in [5, 5.41) is 15.2. The first-order valence-corrected chi connectivity index (χ1v) is 9.72. The van der Waals surface area contributed by atoms with Gasteiger partial charge in [0.2, 0.25) is 5.75 Å². The van der Waals surface area contributed by atoms with Gasteiger partial charge in [0.05, 0.1) is 23.3 Å². The summed E-state index contributed by atoms with van der Waals surface area (Å²) in [6, 6.07) is 9.44. The number of ether oxygens (including phenoxy) is 2. The van der Waals surface area contributed by atoms with Gasteiger partial charge in [-0.1, -0.05) is 0 Å². The van der Waals surface area contributed by atoms with Gasteiger partial charge in [0.25, 0.3) is 5.91 Å². The molecule has 0 radical (unpaired) electrons. The zero-order valence-electron chi connectivity index (χ0n) is 17.6. The number of hydrazone groups is 1. The molecule has 3 rings (SSSR count). The van der Waals surface area contributed by atoms with Crippen molar-refractivity contribution in [1.82, 2.24) is 10.4 Å². The van der Waals surface area contributed by atoms with Gasteiger partial charge in [-0.05, 0) is 55.0 Å². The molecule has 1 amide bonds. The number of pyridine rings is 1. The number of alkyl halides is 3. The highest BCUT2D eigenvalue weighted by Crippen LogP contribution is 2.40. The van der Waals surface area contributed by atoms with Crippen molar-refractivity contribution in [2.45, 2.75) is 13.1 Å². The van der Waals surface area contributed by atoms with Gasteiger partial charge in [0.15, 0.2) is 11.5 Å². The van der Waals surface area contributed by atoms with Crippen molar-refractivity contribution < 1.29 is 32.4 Å². The number of carbonyl (C=O) groups is 1. The van der Waals surface area contributed by atoms with E-state index < -0.39 is 28.3 Å². The van der Waals surface area contributed by atoms with Crippen molar-refractivity contribution in [2.24, 2.45) is 5.10 Å². The maximum atomic E-state index is 12.9. The Labute approximate surface area is 191 Å². The number of aromatic nitrogens is 1. The van der Waals surface area contributed by atoms with Gasteiger partial charge in [-0.2, -0.15) is 18.3 Å². The van der Waals surface area contributed by atoms with Crippen molar-refractivity contribution in [3.05, 3.63) is 87.7 Å². The van der Waals surface area contributed by atoms with Crippen LogP contribution in [0.15, 0.2) is 66.0 Å². The van der Waals surface area contributed by atoms with Gasteiger partial charge in [0, 0.05) is 24.0 Å². The zero-order valence-corrected chi connectivity index (χ0v) is 17.6. The molecule has 1 heterocycles. The number of nitro benzene ring substituents is 1. The third kappa shape index (κ3) is 6.06. The Morgan fingerprint density at radius 2 is 1.82 bits per heavy atom. The third-order valence-electron chi connectivity index (χ3n) is 4.29. The molecule has 0 spiro atoms. The van der Waals surface area contributed by atoms with E-state index in [1.165, 1.54) is 48.9 Å². The monoisotopic (exact) mass is 474 g/mol. The summed E-state index contributed by atoms with van der Waals surface area (Å²) in [5.41, 5.74) is 1.20. The van der Waals surface area contributed by atoms with E-state index in [0.717, 1.165) is 6.07 Å². The van der Waals surface area contributed by atoms with Gasteiger partial charge >= 0.3 is 11.9 Å². The van der Waals surface area contributed by atoms with E-state index in [2.05, 4.69) is 15.5 Å². The maximum Gasteiger partial charge on any atom is 0.416 e. The lowest BCUT2D eigenvalue weighted by molar-refractivity contribution is -0.385. The predicted molar refractivity (Wildman–Crippen MR) is 115 cm³/mol. The van der Waals surface area contributed by atoms with Gasteiger partial charge < -0.3 is 9.47 Å². The minimum Gasteiger partial charge on any atom is -0.490 e. The minimum absolute atomic E-state index is 0.0441. The Kier molecular flexibility index (Phi) is 7.41. The molecule has 176 valence electrons. The number of rotatable bonds is 8. The fourth-order valence-corrected chi connectivity index (χ4v) is 2.73. The van der Waals surface area contributed by atoms with E-state index in [9.17, 15) is 28.1 Å². The zero-order chi connectivity index (χ0) is 24.7. The molecule has 0 aliphatic heterocycles. The van der Waals surface area contributed by atoms with Crippen LogP contribution in [0.1, 0.15) is 28.4 Å². The van der Waals surface area contributed by atoms with Crippen molar-refractivity contribution >= 4 is 17.8 Å². The minimum atomic E-state index is -4.74. The fraction of sp³-hybridized carbons (Fsp3) is 0.136. The molecular weight excluding hydrogens is 457 g/mol. The van der Waals surface area contributed by atoms with Crippen LogP contribution in [0.2, 0.25) is 0 Å². The lowest BCUT2D eigenvalue weighted by atomic mass is 10.1. The Balaban J connectivity index is 1.82. The Bertz CT molecular complexity index is 1220. The third-order valence-corrected chi connectivity index (χ3v) is 4.29. The molecule has 12 heteroatoms. The molecule has 9 nitrogen and oxygen atoms in total. The number of halogens is 3. The SMILES string of the molecule is CCOc1cc(/C=N/NC(=O)c2ccncc2)ccc1Oc1ccc(C(F)(F)F)cc1[N+](=O)[O-]. The molecule has 1 aromatic heterocycles. The predicted octanol–water partition coefficient (Wildman–Crippen LogP) is 4.96. The summed E-state index contributed by atoms with van der Waals surface area (Å²) >= 11 is 0. The second kappa shape index (κ2) is 10.4. The van der Waals surface area contributed by atoms with E-state index in [0.29, 0.717) is 23.3 Å². The summed E-state index contributed by atoms with van der Waals surface area (Å²) in [5.74, 6) is -0.619. The molecule has 0 bridgehead atoms. The van der Waals surface area contributed by atoms with Crippen LogP contribution in [0.4, 0.5) is 18.9 Å². The molecule has 0 unspecified atom stereocenters. The normalized spacial score (nSPS) is 11.3. The molecule has 0 fully saturated rings. The molecule has 1 N–H and O–H groups in total. The van der Waals surface area contributed by atoms with Crippen LogP contribution in [-0.2, 0) is 6.18 Å². The molecule has 2 aromatic carbocycles. The van der Waals surface area contributed by atoms with E-state index in [1.54, 1.807) is 6.92 Å². The fourth-order valence-electron chi connectivity index (χ4n) is 2.73. The average molecular weight is 474 g/mol. The highest BCUT2D eigenvalue weighted by molar-refractivity contribution is 5.94. The van der Waals surface area contributed by atoms with E-state index in [-0.39, 0.29) is 23.9 Å². The molecular formula is C22H17F3N4O5. The Morgan fingerprint density at radius 1 is 1.12 bits per heavy atom. The van der Waals surface area contributed by atoms with Crippen LogP contribution >= 0.6 is 0 Å². The summed E-state index contributed by atoms with van der Waals surface area (Å²) in [4.78, 5) is 26.2. The molecule has 34 heavy (non-hydrogen) atoms. The number of nitrogens with zero attached hydrogens (tertiary/aromatic N) is 3. The first-order valence-electron chi connectivity index (χ1n) is 9.72. The van der Waals surface area contributed by atoms with Gasteiger partial charge in [-0.3, -0.25) is 19.9 Å². The van der Waals surface area contributed by atoms with Gasteiger partial charge in [-0.25, -0.2) is 5.43 Å².